The Kier molecular flexibility index (Phi) is 3.89. The Labute approximate surface area is 159 Å². The summed E-state index contributed by atoms with van der Waals surface area (Å²) in [5.41, 5.74) is 9.63. The maximum atomic E-state index is 11.8. The predicted molar refractivity (Wildman–Crippen MR) is 110 cm³/mol. The van der Waals surface area contributed by atoms with Crippen molar-refractivity contribution < 1.29 is 4.79 Å². The van der Waals surface area contributed by atoms with E-state index < -0.39 is 0 Å². The molecule has 2 aliphatic rings. The highest BCUT2D eigenvalue weighted by Crippen LogP contribution is 2.40. The van der Waals surface area contributed by atoms with E-state index in [1.807, 2.05) is 4.90 Å². The number of piperidine rings is 1. The number of hydrogen-bond acceptors (Lipinski definition) is 1. The maximum Gasteiger partial charge on any atom is 0.219 e. The van der Waals surface area contributed by atoms with Crippen LogP contribution in [0.15, 0.2) is 54.1 Å². The molecule has 1 amide bonds. The van der Waals surface area contributed by atoms with Crippen molar-refractivity contribution in [2.45, 2.75) is 32.6 Å². The van der Waals surface area contributed by atoms with Crippen LogP contribution in [0.5, 0.6) is 0 Å². The van der Waals surface area contributed by atoms with Gasteiger partial charge in [-0.15, -0.1) is 0 Å². The van der Waals surface area contributed by atoms with Gasteiger partial charge in [-0.2, -0.15) is 0 Å². The third-order valence-electron chi connectivity index (χ3n) is 6.16. The number of aromatic amines is 1. The van der Waals surface area contributed by atoms with Crippen molar-refractivity contribution in [2.75, 3.05) is 13.1 Å². The van der Waals surface area contributed by atoms with Gasteiger partial charge in [0, 0.05) is 36.5 Å². The van der Waals surface area contributed by atoms with Crippen LogP contribution in [-0.2, 0) is 17.6 Å². The molecule has 3 heteroatoms. The molecule has 5 rings (SSSR count). The summed E-state index contributed by atoms with van der Waals surface area (Å²) < 4.78 is 0. The van der Waals surface area contributed by atoms with Gasteiger partial charge in [0.25, 0.3) is 0 Å². The van der Waals surface area contributed by atoms with Gasteiger partial charge in [0.05, 0.1) is 5.69 Å². The Bertz CT molecular complexity index is 1060. The second-order valence-corrected chi connectivity index (χ2v) is 7.67. The van der Waals surface area contributed by atoms with Gasteiger partial charge in [0.1, 0.15) is 0 Å². The summed E-state index contributed by atoms with van der Waals surface area (Å²) in [4.78, 5) is 17.5. The molecule has 3 aromatic rings. The van der Waals surface area contributed by atoms with E-state index in [4.69, 9.17) is 0 Å². The molecule has 3 nitrogen and oxygen atoms in total. The SMILES string of the molecule is CC(=O)N1CCC(=C2c3ccccc3CCc3c2[nH]c2ccccc32)CC1. The molecular weight excluding hydrogens is 332 g/mol. The van der Waals surface area contributed by atoms with E-state index >= 15 is 0 Å². The lowest BCUT2D eigenvalue weighted by Gasteiger charge is -2.29. The lowest BCUT2D eigenvalue weighted by Crippen LogP contribution is -2.34. The highest BCUT2D eigenvalue weighted by Gasteiger charge is 2.26. The predicted octanol–water partition coefficient (Wildman–Crippen LogP) is 4.71. The minimum atomic E-state index is 0.187. The molecule has 1 N–H and O–H groups in total. The van der Waals surface area contributed by atoms with Crippen LogP contribution in [0.4, 0.5) is 0 Å². The monoisotopic (exact) mass is 356 g/mol. The second kappa shape index (κ2) is 6.41. The first-order chi connectivity index (χ1) is 13.2. The average molecular weight is 356 g/mol. The van der Waals surface area contributed by atoms with E-state index in [9.17, 15) is 4.79 Å². The Morgan fingerprint density at radius 3 is 2.48 bits per heavy atom. The Morgan fingerprint density at radius 1 is 0.926 bits per heavy atom. The van der Waals surface area contributed by atoms with E-state index in [-0.39, 0.29) is 5.91 Å². The molecular formula is C24H24N2O. The zero-order valence-corrected chi connectivity index (χ0v) is 15.7. The van der Waals surface area contributed by atoms with Crippen LogP contribution in [-0.4, -0.2) is 28.9 Å². The number of aryl methyl sites for hydroxylation is 2. The first kappa shape index (κ1) is 16.4. The van der Waals surface area contributed by atoms with Crippen molar-refractivity contribution in [1.82, 2.24) is 9.88 Å². The number of carbonyl (C=O) groups is 1. The smallest absolute Gasteiger partial charge is 0.219 e. The highest BCUT2D eigenvalue weighted by atomic mass is 16.2. The fourth-order valence-corrected chi connectivity index (χ4v) is 4.76. The van der Waals surface area contributed by atoms with Crippen molar-refractivity contribution in [3.05, 3.63) is 76.5 Å². The zero-order valence-electron chi connectivity index (χ0n) is 15.7. The second-order valence-electron chi connectivity index (χ2n) is 7.67. The van der Waals surface area contributed by atoms with Gasteiger partial charge in [-0.05, 0) is 48.4 Å². The van der Waals surface area contributed by atoms with Crippen molar-refractivity contribution in [2.24, 2.45) is 0 Å². The molecule has 2 aromatic carbocycles. The van der Waals surface area contributed by atoms with Crippen molar-refractivity contribution in [1.29, 1.82) is 0 Å². The molecule has 0 bridgehead atoms. The van der Waals surface area contributed by atoms with Gasteiger partial charge in [0.2, 0.25) is 5.91 Å². The summed E-state index contributed by atoms with van der Waals surface area (Å²) in [6, 6.07) is 17.5. The molecule has 0 atom stereocenters. The zero-order chi connectivity index (χ0) is 18.4. The minimum Gasteiger partial charge on any atom is -0.354 e. The molecule has 27 heavy (non-hydrogen) atoms. The summed E-state index contributed by atoms with van der Waals surface area (Å²) in [5.74, 6) is 0.187. The summed E-state index contributed by atoms with van der Waals surface area (Å²) in [6.07, 6.45) is 4.05. The van der Waals surface area contributed by atoms with Crippen molar-refractivity contribution in [3.63, 3.8) is 0 Å². The molecule has 2 heterocycles. The molecule has 1 saturated heterocycles. The summed E-state index contributed by atoms with van der Waals surface area (Å²) >= 11 is 0. The van der Waals surface area contributed by atoms with Gasteiger partial charge in [-0.25, -0.2) is 0 Å². The molecule has 136 valence electrons. The first-order valence-corrected chi connectivity index (χ1v) is 9.88. The van der Waals surface area contributed by atoms with E-state index in [1.165, 1.54) is 44.4 Å². The van der Waals surface area contributed by atoms with Crippen LogP contribution in [0.3, 0.4) is 0 Å². The molecule has 1 aliphatic carbocycles. The highest BCUT2D eigenvalue weighted by molar-refractivity contribution is 5.94. The topological polar surface area (TPSA) is 36.1 Å². The largest absolute Gasteiger partial charge is 0.354 e. The van der Waals surface area contributed by atoms with Crippen LogP contribution in [0.25, 0.3) is 16.5 Å². The number of amides is 1. The Morgan fingerprint density at radius 2 is 1.67 bits per heavy atom. The van der Waals surface area contributed by atoms with Crippen LogP contribution >= 0.6 is 0 Å². The van der Waals surface area contributed by atoms with Gasteiger partial charge >= 0.3 is 0 Å². The number of benzene rings is 2. The van der Waals surface area contributed by atoms with Crippen LogP contribution in [0.2, 0.25) is 0 Å². The summed E-state index contributed by atoms with van der Waals surface area (Å²) in [5, 5.41) is 1.35. The number of likely N-dealkylation sites (tertiary alicyclic amines) is 1. The van der Waals surface area contributed by atoms with E-state index in [1.54, 1.807) is 6.92 Å². The lowest BCUT2D eigenvalue weighted by molar-refractivity contribution is -0.129. The molecule has 0 radical (unpaired) electrons. The number of aromatic nitrogens is 1. The third kappa shape index (κ3) is 2.69. The summed E-state index contributed by atoms with van der Waals surface area (Å²) in [7, 11) is 0. The molecule has 1 aliphatic heterocycles. The number of carbonyl (C=O) groups excluding carboxylic acids is 1. The standard InChI is InChI=1S/C24H24N2O/c1-16(27)26-14-12-18(13-15-26)23-19-7-3-2-6-17(19)10-11-21-20-8-4-5-9-22(20)25-24(21)23/h2-9,25H,10-15H2,1H3. The maximum absolute atomic E-state index is 11.8. The number of nitrogens with zero attached hydrogens (tertiary/aromatic N) is 1. The van der Waals surface area contributed by atoms with Gasteiger partial charge < -0.3 is 9.88 Å². The summed E-state index contributed by atoms with van der Waals surface area (Å²) in [6.45, 7) is 3.33. The van der Waals surface area contributed by atoms with Crippen LogP contribution in [0, 0.1) is 0 Å². The Balaban J connectivity index is 1.72. The molecule has 1 aromatic heterocycles. The molecule has 0 unspecified atom stereocenters. The molecule has 0 spiro atoms. The van der Waals surface area contributed by atoms with E-state index in [0.29, 0.717) is 0 Å². The van der Waals surface area contributed by atoms with Crippen molar-refractivity contribution >= 4 is 22.4 Å². The van der Waals surface area contributed by atoms with Gasteiger partial charge in [-0.3, -0.25) is 4.79 Å². The fourth-order valence-electron chi connectivity index (χ4n) is 4.76. The normalized spacial score (nSPS) is 16.9. The van der Waals surface area contributed by atoms with Crippen molar-refractivity contribution in [3.8, 4) is 0 Å². The number of H-pyrrole nitrogens is 1. The van der Waals surface area contributed by atoms with Gasteiger partial charge in [-0.1, -0.05) is 48.0 Å². The minimum absolute atomic E-state index is 0.187. The average Bonchev–Trinajstić information content (AvgIpc) is 2.97. The van der Waals surface area contributed by atoms with E-state index in [0.717, 1.165) is 38.8 Å². The fraction of sp³-hybridized carbons (Fsp3) is 0.292. The Hall–Kier alpha value is -2.81. The van der Waals surface area contributed by atoms with Crippen LogP contribution < -0.4 is 0 Å². The quantitative estimate of drug-likeness (QED) is 0.622. The first-order valence-electron chi connectivity index (χ1n) is 9.88. The van der Waals surface area contributed by atoms with E-state index in [2.05, 4.69) is 53.5 Å². The number of nitrogens with one attached hydrogen (secondary N) is 1. The third-order valence-corrected chi connectivity index (χ3v) is 6.16. The van der Waals surface area contributed by atoms with Gasteiger partial charge in [0.15, 0.2) is 0 Å². The number of fused-ring (bicyclic) bond motifs is 4. The lowest BCUT2D eigenvalue weighted by atomic mass is 9.89. The van der Waals surface area contributed by atoms with Crippen LogP contribution in [0.1, 0.15) is 42.1 Å². The molecule has 0 saturated carbocycles. The number of para-hydroxylation sites is 1. The molecule has 1 fully saturated rings. The number of hydrogen-bond donors (Lipinski definition) is 1. The number of rotatable bonds is 0.